The lowest BCUT2D eigenvalue weighted by molar-refractivity contribution is 0.409. The molecule has 11 rings (SSSR count). The number of rotatable bonds is 4. The molecule has 4 heterocycles. The minimum Gasteiger partial charge on any atom is -0.455 e. The molecule has 0 saturated carbocycles. The maximum Gasteiger partial charge on any atom is 0.143 e. The average Bonchev–Trinajstić information content (AvgIpc) is 3.89. The third-order valence-electron chi connectivity index (χ3n) is 10.2. The zero-order chi connectivity index (χ0) is 33.5. The highest BCUT2D eigenvalue weighted by Gasteiger charge is 2.27. The van der Waals surface area contributed by atoms with Gasteiger partial charge < -0.3 is 14.2 Å². The molecule has 1 aliphatic rings. The van der Waals surface area contributed by atoms with E-state index in [0.29, 0.717) is 0 Å². The Morgan fingerprint density at radius 2 is 1.16 bits per heavy atom. The summed E-state index contributed by atoms with van der Waals surface area (Å²) in [6, 6.07) is 53.2. The van der Waals surface area contributed by atoms with Crippen molar-refractivity contribution in [1.82, 2.24) is 10.6 Å². The topological polar surface area (TPSA) is 62.7 Å². The number of amidine groups is 1. The number of para-hydroxylation sites is 3. The first-order valence-electron chi connectivity index (χ1n) is 17.2. The van der Waals surface area contributed by atoms with E-state index >= 15 is 0 Å². The molecule has 10 aromatic rings. The second kappa shape index (κ2) is 11.2. The van der Waals surface area contributed by atoms with Crippen LogP contribution in [0.3, 0.4) is 0 Å². The van der Waals surface area contributed by atoms with Crippen LogP contribution in [0, 0.1) is 0 Å². The summed E-state index contributed by atoms with van der Waals surface area (Å²) < 4.78 is 15.6. The molecule has 3 aromatic heterocycles. The van der Waals surface area contributed by atoms with Crippen molar-refractivity contribution in [3.05, 3.63) is 168 Å². The van der Waals surface area contributed by atoms with Crippen molar-refractivity contribution in [2.45, 2.75) is 12.3 Å². The standard InChI is InChI=1S/C45H29N3O2S/c1-2-10-26(11-3-1)43-46-44(48-45(47-43)28-21-23-40-36(25-28)30-13-5-7-19-39(30)51-40)27-20-22-38-35(24-27)34-17-9-16-33(42(34)50-38)32-15-8-14-31-29-12-4-6-18-37(29)49-41(31)32/h1-25,43-44,46H,(H,47,48). The molecule has 5 nitrogen and oxygen atoms in total. The van der Waals surface area contributed by atoms with Crippen LogP contribution < -0.4 is 10.6 Å². The fraction of sp³-hybridized carbons (Fsp3) is 0.0444. The van der Waals surface area contributed by atoms with Gasteiger partial charge in [0.15, 0.2) is 0 Å². The van der Waals surface area contributed by atoms with Crippen LogP contribution in [0.1, 0.15) is 29.0 Å². The van der Waals surface area contributed by atoms with Crippen molar-refractivity contribution >= 4 is 81.2 Å². The molecule has 242 valence electrons. The lowest BCUT2D eigenvalue weighted by Crippen LogP contribution is -2.44. The van der Waals surface area contributed by atoms with Crippen molar-refractivity contribution < 1.29 is 8.83 Å². The van der Waals surface area contributed by atoms with E-state index in [1.807, 2.05) is 23.5 Å². The van der Waals surface area contributed by atoms with Gasteiger partial charge in [-0.15, -0.1) is 11.3 Å². The van der Waals surface area contributed by atoms with Gasteiger partial charge in [-0.25, -0.2) is 4.99 Å². The summed E-state index contributed by atoms with van der Waals surface area (Å²) >= 11 is 1.83. The van der Waals surface area contributed by atoms with Gasteiger partial charge in [-0.3, -0.25) is 5.32 Å². The first-order chi connectivity index (χ1) is 25.2. The van der Waals surface area contributed by atoms with Gasteiger partial charge in [0.25, 0.3) is 0 Å². The van der Waals surface area contributed by atoms with Crippen LogP contribution in [0.25, 0.3) is 75.2 Å². The third kappa shape index (κ3) is 4.54. The first-order valence-corrected chi connectivity index (χ1v) is 18.0. The summed E-state index contributed by atoms with van der Waals surface area (Å²) in [4.78, 5) is 5.32. The summed E-state index contributed by atoms with van der Waals surface area (Å²) in [6.45, 7) is 0. The second-order valence-corrected chi connectivity index (χ2v) is 14.2. The maximum absolute atomic E-state index is 6.64. The Balaban J connectivity index is 1.04. The van der Waals surface area contributed by atoms with Crippen molar-refractivity contribution in [3.8, 4) is 11.1 Å². The molecular weight excluding hydrogens is 647 g/mol. The van der Waals surface area contributed by atoms with E-state index < -0.39 is 0 Å². The van der Waals surface area contributed by atoms with Crippen LogP contribution >= 0.6 is 11.3 Å². The molecule has 2 atom stereocenters. The van der Waals surface area contributed by atoms with Gasteiger partial charge >= 0.3 is 0 Å². The SMILES string of the molecule is c1ccc(C2NC(c3ccc4sc5ccccc5c4c3)=NC(c3ccc4oc5c(-c6cccc7c6oc6ccccc67)cccc5c4c3)N2)cc1. The summed E-state index contributed by atoms with van der Waals surface area (Å²) in [5.41, 5.74) is 8.75. The quantitative estimate of drug-likeness (QED) is 0.195. The Labute approximate surface area is 296 Å². The number of benzene rings is 7. The van der Waals surface area contributed by atoms with Crippen LogP contribution in [0.15, 0.2) is 165 Å². The van der Waals surface area contributed by atoms with E-state index in [9.17, 15) is 0 Å². The molecule has 2 unspecified atom stereocenters. The highest BCUT2D eigenvalue weighted by molar-refractivity contribution is 7.25. The molecule has 0 aliphatic carbocycles. The molecule has 1 aliphatic heterocycles. The number of thiophene rings is 1. The highest BCUT2D eigenvalue weighted by atomic mass is 32.1. The average molecular weight is 676 g/mol. The summed E-state index contributed by atoms with van der Waals surface area (Å²) in [5.74, 6) is 0.864. The van der Waals surface area contributed by atoms with Gasteiger partial charge in [-0.1, -0.05) is 109 Å². The molecule has 0 spiro atoms. The molecule has 0 bridgehead atoms. The Hall–Kier alpha value is -6.21. The zero-order valence-electron chi connectivity index (χ0n) is 27.3. The molecule has 0 fully saturated rings. The Morgan fingerprint density at radius 1 is 0.490 bits per heavy atom. The zero-order valence-corrected chi connectivity index (χ0v) is 28.1. The molecule has 6 heteroatoms. The molecular formula is C45H29N3O2S. The van der Waals surface area contributed by atoms with Crippen molar-refractivity contribution in [2.24, 2.45) is 4.99 Å². The molecule has 2 N–H and O–H groups in total. The maximum atomic E-state index is 6.64. The lowest BCUT2D eigenvalue weighted by Gasteiger charge is -2.32. The van der Waals surface area contributed by atoms with E-state index in [1.165, 1.54) is 20.2 Å². The van der Waals surface area contributed by atoms with E-state index in [0.717, 1.165) is 77.5 Å². The monoisotopic (exact) mass is 675 g/mol. The summed E-state index contributed by atoms with van der Waals surface area (Å²) in [5, 5.41) is 14.4. The fourth-order valence-corrected chi connectivity index (χ4v) is 8.81. The number of nitrogens with one attached hydrogen (secondary N) is 2. The largest absolute Gasteiger partial charge is 0.455 e. The van der Waals surface area contributed by atoms with Gasteiger partial charge in [-0.2, -0.15) is 0 Å². The molecule has 0 saturated heterocycles. The minimum atomic E-state index is -0.289. The van der Waals surface area contributed by atoms with Crippen molar-refractivity contribution in [2.75, 3.05) is 0 Å². The van der Waals surface area contributed by atoms with Gasteiger partial charge in [-0.05, 0) is 53.6 Å². The van der Waals surface area contributed by atoms with Crippen molar-refractivity contribution in [3.63, 3.8) is 0 Å². The number of aliphatic imine (C=N–C) groups is 1. The van der Waals surface area contributed by atoms with Gasteiger partial charge in [0.2, 0.25) is 0 Å². The van der Waals surface area contributed by atoms with E-state index in [2.05, 4.69) is 150 Å². The lowest BCUT2D eigenvalue weighted by atomic mass is 9.99. The number of hydrogen-bond acceptors (Lipinski definition) is 6. The fourth-order valence-electron chi connectivity index (χ4n) is 7.72. The molecule has 0 amide bonds. The van der Waals surface area contributed by atoms with E-state index in [4.69, 9.17) is 13.8 Å². The Morgan fingerprint density at radius 3 is 1.98 bits per heavy atom. The smallest absolute Gasteiger partial charge is 0.143 e. The van der Waals surface area contributed by atoms with Crippen LogP contribution in [0.4, 0.5) is 0 Å². The Bertz CT molecular complexity index is 3010. The predicted molar refractivity (Wildman–Crippen MR) is 210 cm³/mol. The molecule has 51 heavy (non-hydrogen) atoms. The summed E-state index contributed by atoms with van der Waals surface area (Å²) in [7, 11) is 0. The van der Waals surface area contributed by atoms with Crippen LogP contribution in [0.5, 0.6) is 0 Å². The normalized spacial score (nSPS) is 16.4. The Kier molecular flexibility index (Phi) is 6.26. The third-order valence-corrected chi connectivity index (χ3v) is 11.3. The van der Waals surface area contributed by atoms with E-state index in [-0.39, 0.29) is 12.3 Å². The number of hydrogen-bond donors (Lipinski definition) is 2. The molecule has 0 radical (unpaired) electrons. The predicted octanol–water partition coefficient (Wildman–Crippen LogP) is 11.9. The van der Waals surface area contributed by atoms with Crippen LogP contribution in [-0.2, 0) is 0 Å². The van der Waals surface area contributed by atoms with E-state index in [1.54, 1.807) is 0 Å². The van der Waals surface area contributed by atoms with Gasteiger partial charge in [0, 0.05) is 58.4 Å². The van der Waals surface area contributed by atoms with Crippen LogP contribution in [-0.4, -0.2) is 5.84 Å². The van der Waals surface area contributed by atoms with Crippen LogP contribution in [0.2, 0.25) is 0 Å². The number of furan rings is 2. The summed E-state index contributed by atoms with van der Waals surface area (Å²) in [6.07, 6.45) is -0.422. The number of fused-ring (bicyclic) bond motifs is 9. The minimum absolute atomic E-state index is 0.133. The molecule has 7 aromatic carbocycles. The first kappa shape index (κ1) is 28.6. The van der Waals surface area contributed by atoms with Crippen molar-refractivity contribution in [1.29, 1.82) is 0 Å². The van der Waals surface area contributed by atoms with Gasteiger partial charge in [0.1, 0.15) is 40.5 Å². The number of nitrogens with zero attached hydrogens (tertiary/aromatic N) is 1. The van der Waals surface area contributed by atoms with Gasteiger partial charge in [0.05, 0.1) is 0 Å². The second-order valence-electron chi connectivity index (χ2n) is 13.2. The highest BCUT2D eigenvalue weighted by Crippen LogP contribution is 2.42.